The molecule has 0 spiro atoms. The minimum Gasteiger partial charge on any atom is -0.491 e. The van der Waals surface area contributed by atoms with Gasteiger partial charge in [-0.05, 0) is 47.0 Å². The molecule has 0 unspecified atom stereocenters. The van der Waals surface area contributed by atoms with Crippen LogP contribution < -0.4 is 15.5 Å². The molecule has 0 bridgehead atoms. The average Bonchev–Trinajstić information content (AvgIpc) is 3.20. The molecule has 0 heterocycles. The van der Waals surface area contributed by atoms with E-state index in [-0.39, 0.29) is 17.7 Å². The molecule has 2 amide bonds. The van der Waals surface area contributed by atoms with Crippen LogP contribution in [0.15, 0.2) is 66.8 Å². The number of halogens is 19. The molecule has 0 radical (unpaired) electrons. The standard InChI is InChI=1S/C38H39F19N2O6Si/c1-21(2)66(22(3)4,19-16-31(41,42)32(43,44)33(45,46)34(47,48)35(49,50)36(51,52)37(53,54)38(55,56)57)64-18-17-63-25-13-10-23(11-14-25)28(8-6-5-7-9-29(60)59-62)65-30(61)58-27-15-12-24(39)20-26(27)40/h5-7,9-15,20-22,28,62H,8,16-19H2,1-4H3,(H,58,61)(H,59,60)/b6-5+,9-7+/t28-/m0/s1. The first kappa shape index (κ1) is 57.4. The van der Waals surface area contributed by atoms with Crippen LogP contribution in [-0.4, -0.2) is 86.4 Å². The molecule has 0 aliphatic heterocycles. The van der Waals surface area contributed by atoms with Crippen molar-refractivity contribution in [3.63, 3.8) is 0 Å². The first-order valence-electron chi connectivity index (χ1n) is 18.7. The van der Waals surface area contributed by atoms with Gasteiger partial charge in [0.15, 0.2) is 8.32 Å². The average molecular weight is 1010 g/mol. The molecule has 0 aromatic heterocycles. The fourth-order valence-electron chi connectivity index (χ4n) is 6.10. The molecular weight excluding hydrogens is 969 g/mol. The maximum Gasteiger partial charge on any atom is 0.460 e. The van der Waals surface area contributed by atoms with Crippen LogP contribution >= 0.6 is 0 Å². The highest BCUT2D eigenvalue weighted by Crippen LogP contribution is 2.64. The zero-order chi connectivity index (χ0) is 51.1. The lowest BCUT2D eigenvalue weighted by Gasteiger charge is -2.44. The Hall–Kier alpha value is -4.73. The number of ether oxygens (including phenoxy) is 2. The smallest absolute Gasteiger partial charge is 0.460 e. The van der Waals surface area contributed by atoms with E-state index in [0.717, 1.165) is 18.2 Å². The minimum atomic E-state index is -8.72. The molecule has 0 saturated heterocycles. The minimum absolute atomic E-state index is 0.0264. The Labute approximate surface area is 363 Å². The molecule has 0 fully saturated rings. The Bertz CT molecular complexity index is 2000. The second-order valence-electron chi connectivity index (χ2n) is 14.8. The van der Waals surface area contributed by atoms with Crippen LogP contribution in [0.5, 0.6) is 5.75 Å². The Morgan fingerprint density at radius 1 is 0.697 bits per heavy atom. The van der Waals surface area contributed by atoms with E-state index in [2.05, 4.69) is 5.32 Å². The summed E-state index contributed by atoms with van der Waals surface area (Å²) in [5, 5.41) is 10.7. The van der Waals surface area contributed by atoms with E-state index >= 15 is 0 Å². The molecule has 2 aromatic carbocycles. The van der Waals surface area contributed by atoms with Crippen LogP contribution in [0, 0.1) is 11.6 Å². The lowest BCUT2D eigenvalue weighted by molar-refractivity contribution is -0.461. The van der Waals surface area contributed by atoms with Crippen molar-refractivity contribution >= 4 is 26.0 Å². The zero-order valence-electron chi connectivity index (χ0n) is 34.3. The van der Waals surface area contributed by atoms with Crippen molar-refractivity contribution in [3.05, 3.63) is 84.0 Å². The second-order valence-corrected chi connectivity index (χ2v) is 19.8. The van der Waals surface area contributed by atoms with Gasteiger partial charge in [0.05, 0.1) is 12.3 Å². The van der Waals surface area contributed by atoms with Crippen molar-refractivity contribution in [2.75, 3.05) is 18.5 Å². The molecule has 28 heteroatoms. The van der Waals surface area contributed by atoms with Crippen molar-refractivity contribution < 1.29 is 112 Å². The SMILES string of the molecule is CC(C)[Si](CCC(F)(F)C(F)(F)C(F)(F)C(F)(F)C(F)(F)C(F)(F)C(F)(F)C(F)(F)F)(OCCOc1ccc([C@H](C/C=C/C=C/C(=O)NO)OC(=O)Nc2ccc(F)cc2F)cc1)C(C)C. The molecule has 8 nitrogen and oxygen atoms in total. The molecule has 374 valence electrons. The molecule has 3 N–H and O–H groups in total. The van der Waals surface area contributed by atoms with Crippen molar-refractivity contribution in [2.45, 2.75) is 111 Å². The van der Waals surface area contributed by atoms with Crippen LogP contribution in [0.2, 0.25) is 17.1 Å². The van der Waals surface area contributed by atoms with Crippen molar-refractivity contribution in [1.29, 1.82) is 0 Å². The van der Waals surface area contributed by atoms with Gasteiger partial charge in [-0.3, -0.25) is 15.3 Å². The third kappa shape index (κ3) is 11.9. The molecule has 0 saturated carbocycles. The fourth-order valence-corrected chi connectivity index (χ4v) is 10.6. The largest absolute Gasteiger partial charge is 0.491 e. The quantitative estimate of drug-likeness (QED) is 0.0195. The summed E-state index contributed by atoms with van der Waals surface area (Å²) in [6.07, 6.45) is -8.08. The summed E-state index contributed by atoms with van der Waals surface area (Å²) in [6, 6.07) is 6.13. The summed E-state index contributed by atoms with van der Waals surface area (Å²) in [7, 11) is -4.06. The van der Waals surface area contributed by atoms with Gasteiger partial charge >= 0.3 is 53.7 Å². The van der Waals surface area contributed by atoms with Gasteiger partial charge in [0.1, 0.15) is 30.1 Å². The molecule has 0 aliphatic carbocycles. The van der Waals surface area contributed by atoms with Crippen molar-refractivity contribution in [2.24, 2.45) is 0 Å². The highest BCUT2D eigenvalue weighted by molar-refractivity contribution is 6.76. The van der Waals surface area contributed by atoms with E-state index in [1.54, 1.807) is 0 Å². The summed E-state index contributed by atoms with van der Waals surface area (Å²) in [6.45, 7) is 4.04. The number of hydrogen-bond donors (Lipinski definition) is 3. The summed E-state index contributed by atoms with van der Waals surface area (Å²) in [4.78, 5) is 23.8. The number of carbonyl (C=O) groups is 2. The van der Waals surface area contributed by atoms with Gasteiger partial charge in [0.25, 0.3) is 5.91 Å². The lowest BCUT2D eigenvalue weighted by Crippen LogP contribution is -2.74. The Balaban J connectivity index is 2.28. The summed E-state index contributed by atoms with van der Waals surface area (Å²) in [5.41, 5.74) is -0.716. The van der Waals surface area contributed by atoms with Crippen LogP contribution in [0.4, 0.5) is 93.9 Å². The molecule has 1 atom stereocenters. The Morgan fingerprint density at radius 2 is 1.21 bits per heavy atom. The van der Waals surface area contributed by atoms with E-state index in [4.69, 9.17) is 19.1 Å². The third-order valence-electron chi connectivity index (χ3n) is 9.92. The van der Waals surface area contributed by atoms with Gasteiger partial charge < -0.3 is 13.9 Å². The van der Waals surface area contributed by atoms with E-state index in [1.165, 1.54) is 75.7 Å². The Kier molecular flexibility index (Phi) is 18.3. The van der Waals surface area contributed by atoms with Gasteiger partial charge in [-0.15, -0.1) is 0 Å². The first-order valence-corrected chi connectivity index (χ1v) is 21.0. The van der Waals surface area contributed by atoms with Gasteiger partial charge in [-0.25, -0.2) is 19.1 Å². The molecular formula is C38H39F19N2O6Si. The summed E-state index contributed by atoms with van der Waals surface area (Å²) >= 11 is 0. The van der Waals surface area contributed by atoms with E-state index in [0.29, 0.717) is 6.07 Å². The van der Waals surface area contributed by atoms with Crippen LogP contribution in [-0.2, 0) is 14.0 Å². The predicted octanol–water partition coefficient (Wildman–Crippen LogP) is 12.8. The number of rotatable bonds is 23. The number of allylic oxidation sites excluding steroid dienone is 2. The predicted molar refractivity (Wildman–Crippen MR) is 196 cm³/mol. The number of carbonyl (C=O) groups excluding carboxylic acids is 2. The third-order valence-corrected chi connectivity index (χ3v) is 15.6. The zero-order valence-corrected chi connectivity index (χ0v) is 35.3. The maximum atomic E-state index is 15.0. The second kappa shape index (κ2) is 21.1. The number of hydrogen-bond acceptors (Lipinski definition) is 6. The Morgan fingerprint density at radius 3 is 1.70 bits per heavy atom. The number of amides is 2. The monoisotopic (exact) mass is 1010 g/mol. The fraction of sp³-hybridized carbons (Fsp3) is 0.526. The van der Waals surface area contributed by atoms with Gasteiger partial charge in [0, 0.05) is 25.0 Å². The topological polar surface area (TPSA) is 106 Å². The van der Waals surface area contributed by atoms with Crippen LogP contribution in [0.25, 0.3) is 0 Å². The van der Waals surface area contributed by atoms with E-state index in [9.17, 15) is 93.0 Å². The number of anilines is 1. The highest BCUT2D eigenvalue weighted by Gasteiger charge is 2.95. The van der Waals surface area contributed by atoms with Crippen molar-refractivity contribution in [3.8, 4) is 5.75 Å². The molecule has 2 rings (SSSR count). The van der Waals surface area contributed by atoms with Crippen LogP contribution in [0.3, 0.4) is 0 Å². The van der Waals surface area contributed by atoms with E-state index < -0.39 is 128 Å². The summed E-state index contributed by atoms with van der Waals surface area (Å²) in [5.74, 6) is -60.0. The van der Waals surface area contributed by atoms with Crippen molar-refractivity contribution in [1.82, 2.24) is 5.48 Å². The lowest BCUT2D eigenvalue weighted by atomic mass is 9.88. The van der Waals surface area contributed by atoms with Gasteiger partial charge in [-0.2, -0.15) is 74.6 Å². The first-order chi connectivity index (χ1) is 29.9. The number of alkyl halides is 17. The number of benzene rings is 2. The highest BCUT2D eigenvalue weighted by atomic mass is 28.4. The van der Waals surface area contributed by atoms with Crippen LogP contribution in [0.1, 0.15) is 52.2 Å². The number of nitrogens with one attached hydrogen (secondary N) is 2. The normalized spacial score (nSPS) is 14.6. The molecule has 2 aromatic rings. The summed E-state index contributed by atoms with van der Waals surface area (Å²) < 4.78 is 280. The molecule has 66 heavy (non-hydrogen) atoms. The molecule has 0 aliphatic rings. The maximum absolute atomic E-state index is 15.0. The van der Waals surface area contributed by atoms with E-state index in [1.807, 2.05) is 0 Å². The van der Waals surface area contributed by atoms with Gasteiger partial charge in [-0.1, -0.05) is 58.1 Å². The number of hydroxylamine groups is 1. The van der Waals surface area contributed by atoms with Gasteiger partial charge in [0.2, 0.25) is 0 Å².